The van der Waals surface area contributed by atoms with E-state index in [9.17, 15) is 4.79 Å². The molecule has 2 aromatic rings. The van der Waals surface area contributed by atoms with Crippen molar-refractivity contribution in [2.45, 2.75) is 26.3 Å². The molecule has 5 heteroatoms. The summed E-state index contributed by atoms with van der Waals surface area (Å²) in [6.07, 6.45) is 3.54. The van der Waals surface area contributed by atoms with Crippen molar-refractivity contribution in [1.82, 2.24) is 15.0 Å². The molecule has 0 atom stereocenters. The summed E-state index contributed by atoms with van der Waals surface area (Å²) in [7, 11) is 0. The molecule has 0 N–H and O–H groups in total. The third-order valence-electron chi connectivity index (χ3n) is 2.73. The van der Waals surface area contributed by atoms with E-state index < -0.39 is 0 Å². The zero-order valence-electron chi connectivity index (χ0n) is 11.0. The van der Waals surface area contributed by atoms with Gasteiger partial charge in [0.25, 0.3) is 0 Å². The molecule has 0 bridgehead atoms. The second-order valence-corrected chi connectivity index (χ2v) is 4.22. The Morgan fingerprint density at radius 1 is 1.32 bits per heavy atom. The van der Waals surface area contributed by atoms with Crippen LogP contribution in [0.1, 0.15) is 19.8 Å². The molecular formula is C14H17N3O2. The van der Waals surface area contributed by atoms with Crippen molar-refractivity contribution in [2.75, 3.05) is 6.61 Å². The molecule has 0 aliphatic rings. The molecule has 0 amide bonds. The molecule has 0 unspecified atom stereocenters. The van der Waals surface area contributed by atoms with Crippen LogP contribution in [-0.2, 0) is 16.1 Å². The van der Waals surface area contributed by atoms with Gasteiger partial charge in [-0.3, -0.25) is 4.79 Å². The van der Waals surface area contributed by atoms with Crippen molar-refractivity contribution in [1.29, 1.82) is 0 Å². The number of unbranched alkanes of at least 4 members (excludes halogenated alkanes) is 1. The van der Waals surface area contributed by atoms with Gasteiger partial charge in [0.15, 0.2) is 0 Å². The van der Waals surface area contributed by atoms with E-state index in [0.717, 1.165) is 24.1 Å². The SMILES string of the molecule is CCCCOC(=O)Cn1nncc1-c1ccccc1. The summed E-state index contributed by atoms with van der Waals surface area (Å²) in [5, 5.41) is 7.78. The predicted octanol–water partition coefficient (Wildman–Crippen LogP) is 2.29. The van der Waals surface area contributed by atoms with Crippen LogP contribution in [0.25, 0.3) is 11.3 Å². The van der Waals surface area contributed by atoms with Crippen LogP contribution in [0.3, 0.4) is 0 Å². The Morgan fingerprint density at radius 2 is 2.11 bits per heavy atom. The van der Waals surface area contributed by atoms with E-state index in [0.29, 0.717) is 6.61 Å². The van der Waals surface area contributed by atoms with Crippen molar-refractivity contribution < 1.29 is 9.53 Å². The molecule has 2 rings (SSSR count). The molecule has 1 aromatic heterocycles. The minimum absolute atomic E-state index is 0.0912. The van der Waals surface area contributed by atoms with E-state index in [1.165, 1.54) is 0 Å². The normalized spacial score (nSPS) is 10.4. The highest BCUT2D eigenvalue weighted by Crippen LogP contribution is 2.16. The lowest BCUT2D eigenvalue weighted by molar-refractivity contribution is -0.144. The van der Waals surface area contributed by atoms with Crippen LogP contribution in [0.5, 0.6) is 0 Å². The number of hydrogen-bond acceptors (Lipinski definition) is 4. The number of ether oxygens (including phenoxy) is 1. The van der Waals surface area contributed by atoms with Crippen molar-refractivity contribution >= 4 is 5.97 Å². The van der Waals surface area contributed by atoms with Gasteiger partial charge in [0, 0.05) is 5.56 Å². The quantitative estimate of drug-likeness (QED) is 0.590. The molecule has 1 heterocycles. The first-order valence-corrected chi connectivity index (χ1v) is 6.40. The molecule has 1 aromatic carbocycles. The minimum Gasteiger partial charge on any atom is -0.464 e. The number of esters is 1. The maximum atomic E-state index is 11.7. The average Bonchev–Trinajstić information content (AvgIpc) is 2.88. The van der Waals surface area contributed by atoms with Gasteiger partial charge in [-0.05, 0) is 6.42 Å². The van der Waals surface area contributed by atoms with Crippen molar-refractivity contribution in [2.24, 2.45) is 0 Å². The predicted molar refractivity (Wildman–Crippen MR) is 71.3 cm³/mol. The van der Waals surface area contributed by atoms with Crippen LogP contribution in [-0.4, -0.2) is 27.6 Å². The average molecular weight is 259 g/mol. The van der Waals surface area contributed by atoms with Crippen LogP contribution < -0.4 is 0 Å². The van der Waals surface area contributed by atoms with Gasteiger partial charge in [-0.15, -0.1) is 5.10 Å². The molecule has 0 aliphatic heterocycles. The van der Waals surface area contributed by atoms with E-state index in [-0.39, 0.29) is 12.5 Å². The summed E-state index contributed by atoms with van der Waals surface area (Å²) in [6, 6.07) is 9.73. The summed E-state index contributed by atoms with van der Waals surface area (Å²) in [4.78, 5) is 11.7. The Morgan fingerprint density at radius 3 is 2.84 bits per heavy atom. The minimum atomic E-state index is -0.281. The number of rotatable bonds is 6. The van der Waals surface area contributed by atoms with E-state index in [1.807, 2.05) is 30.3 Å². The van der Waals surface area contributed by atoms with Crippen molar-refractivity contribution in [3.05, 3.63) is 36.5 Å². The van der Waals surface area contributed by atoms with Gasteiger partial charge in [-0.2, -0.15) is 0 Å². The fraction of sp³-hybridized carbons (Fsp3) is 0.357. The molecule has 0 radical (unpaired) electrons. The van der Waals surface area contributed by atoms with E-state index in [1.54, 1.807) is 10.9 Å². The third-order valence-corrected chi connectivity index (χ3v) is 2.73. The number of nitrogens with zero attached hydrogens (tertiary/aromatic N) is 3. The number of benzene rings is 1. The van der Waals surface area contributed by atoms with Gasteiger partial charge >= 0.3 is 5.97 Å². The topological polar surface area (TPSA) is 57.0 Å². The first-order chi connectivity index (χ1) is 9.31. The number of aromatic nitrogens is 3. The lowest BCUT2D eigenvalue weighted by Crippen LogP contribution is -2.16. The molecular weight excluding hydrogens is 242 g/mol. The van der Waals surface area contributed by atoms with Crippen molar-refractivity contribution in [3.8, 4) is 11.3 Å². The van der Waals surface area contributed by atoms with Crippen LogP contribution in [0.4, 0.5) is 0 Å². The molecule has 19 heavy (non-hydrogen) atoms. The van der Waals surface area contributed by atoms with Crippen LogP contribution >= 0.6 is 0 Å². The lowest BCUT2D eigenvalue weighted by atomic mass is 10.2. The Kier molecular flexibility index (Phi) is 4.66. The van der Waals surface area contributed by atoms with Crippen LogP contribution in [0.2, 0.25) is 0 Å². The van der Waals surface area contributed by atoms with Crippen LogP contribution in [0, 0.1) is 0 Å². The standard InChI is InChI=1S/C14H17N3O2/c1-2-3-9-19-14(18)11-17-13(10-15-16-17)12-7-5-4-6-8-12/h4-8,10H,2-3,9,11H2,1H3. The van der Waals surface area contributed by atoms with Gasteiger partial charge < -0.3 is 4.74 Å². The van der Waals surface area contributed by atoms with Crippen LogP contribution in [0.15, 0.2) is 36.5 Å². The largest absolute Gasteiger partial charge is 0.464 e. The highest BCUT2D eigenvalue weighted by atomic mass is 16.5. The molecule has 0 saturated heterocycles. The summed E-state index contributed by atoms with van der Waals surface area (Å²) < 4.78 is 6.68. The maximum Gasteiger partial charge on any atom is 0.327 e. The molecule has 0 spiro atoms. The van der Waals surface area contributed by atoms with Gasteiger partial charge in [-0.1, -0.05) is 48.9 Å². The zero-order valence-corrected chi connectivity index (χ0v) is 11.0. The number of hydrogen-bond donors (Lipinski definition) is 0. The smallest absolute Gasteiger partial charge is 0.327 e. The Labute approximate surface area is 112 Å². The third kappa shape index (κ3) is 3.64. The first-order valence-electron chi connectivity index (χ1n) is 6.40. The second-order valence-electron chi connectivity index (χ2n) is 4.22. The molecule has 0 saturated carbocycles. The molecule has 100 valence electrons. The van der Waals surface area contributed by atoms with Gasteiger partial charge in [0.05, 0.1) is 18.5 Å². The van der Waals surface area contributed by atoms with Crippen molar-refractivity contribution in [3.63, 3.8) is 0 Å². The molecule has 5 nitrogen and oxygen atoms in total. The highest BCUT2D eigenvalue weighted by Gasteiger charge is 2.11. The number of carbonyl (C=O) groups excluding carboxylic acids is 1. The Balaban J connectivity index is 2.02. The highest BCUT2D eigenvalue weighted by molar-refractivity contribution is 5.70. The molecule has 0 aliphatic carbocycles. The Bertz CT molecular complexity index is 522. The van der Waals surface area contributed by atoms with E-state index >= 15 is 0 Å². The zero-order chi connectivity index (χ0) is 13.5. The Hall–Kier alpha value is -2.17. The fourth-order valence-electron chi connectivity index (χ4n) is 1.71. The summed E-state index contributed by atoms with van der Waals surface area (Å²) >= 11 is 0. The van der Waals surface area contributed by atoms with Gasteiger partial charge in [-0.25, -0.2) is 4.68 Å². The second kappa shape index (κ2) is 6.68. The van der Waals surface area contributed by atoms with Gasteiger partial charge in [0.2, 0.25) is 0 Å². The summed E-state index contributed by atoms with van der Waals surface area (Å²) in [6.45, 7) is 2.61. The molecule has 0 fully saturated rings. The van der Waals surface area contributed by atoms with Gasteiger partial charge in [0.1, 0.15) is 6.54 Å². The van der Waals surface area contributed by atoms with E-state index in [2.05, 4.69) is 17.2 Å². The fourth-order valence-corrected chi connectivity index (χ4v) is 1.71. The summed E-state index contributed by atoms with van der Waals surface area (Å²) in [5.41, 5.74) is 1.79. The maximum absolute atomic E-state index is 11.7. The summed E-state index contributed by atoms with van der Waals surface area (Å²) in [5.74, 6) is -0.281. The lowest BCUT2D eigenvalue weighted by Gasteiger charge is -2.06. The van der Waals surface area contributed by atoms with E-state index in [4.69, 9.17) is 4.74 Å². The first kappa shape index (κ1) is 13.3. The number of carbonyl (C=O) groups is 1. The monoisotopic (exact) mass is 259 g/mol.